The lowest BCUT2D eigenvalue weighted by atomic mass is 9.81. The van der Waals surface area contributed by atoms with Crippen molar-refractivity contribution >= 4 is 5.91 Å². The van der Waals surface area contributed by atoms with E-state index in [1.807, 2.05) is 29.2 Å². The molecule has 2 atom stereocenters. The monoisotopic (exact) mass is 419 g/mol. The summed E-state index contributed by atoms with van der Waals surface area (Å²) in [5.74, 6) is 2.67. The van der Waals surface area contributed by atoms with Crippen LogP contribution in [0.1, 0.15) is 36.3 Å². The molecule has 2 aromatic rings. The zero-order valence-corrected chi connectivity index (χ0v) is 17.8. The maximum atomic E-state index is 11.7. The van der Waals surface area contributed by atoms with Crippen LogP contribution in [-0.4, -0.2) is 50.2 Å². The van der Waals surface area contributed by atoms with Gasteiger partial charge >= 0.3 is 0 Å². The van der Waals surface area contributed by atoms with Gasteiger partial charge in [-0.05, 0) is 67.3 Å². The molecule has 4 rings (SSSR count). The van der Waals surface area contributed by atoms with Crippen LogP contribution in [0.4, 0.5) is 0 Å². The van der Waals surface area contributed by atoms with Crippen molar-refractivity contribution in [2.45, 2.75) is 25.2 Å². The number of nitrogens with one attached hydrogen (secondary N) is 1. The van der Waals surface area contributed by atoms with Crippen molar-refractivity contribution in [1.82, 2.24) is 10.2 Å². The fourth-order valence-electron chi connectivity index (χ4n) is 4.39. The standard InChI is InChI=1S/C25H29N3O3/c26-16-19-3-7-23(8-4-19)31-18-21-17-27-12-11-24(21)20-5-9-22(10-6-20)30-15-14-28-13-1-2-25(28)29/h3-10,21,24,27H,1-2,11-15,17-18H2/t21-,24-/m1/s1. The molecule has 6 heteroatoms. The van der Waals surface area contributed by atoms with Gasteiger partial charge in [-0.2, -0.15) is 5.26 Å². The van der Waals surface area contributed by atoms with E-state index in [1.54, 1.807) is 12.1 Å². The quantitative estimate of drug-likeness (QED) is 0.710. The average Bonchev–Trinajstić information content (AvgIpc) is 3.23. The zero-order valence-electron chi connectivity index (χ0n) is 17.8. The number of benzene rings is 2. The molecule has 6 nitrogen and oxygen atoms in total. The van der Waals surface area contributed by atoms with Crippen LogP contribution in [0.15, 0.2) is 48.5 Å². The van der Waals surface area contributed by atoms with E-state index >= 15 is 0 Å². The largest absolute Gasteiger partial charge is 0.493 e. The van der Waals surface area contributed by atoms with Crippen molar-refractivity contribution in [3.63, 3.8) is 0 Å². The minimum Gasteiger partial charge on any atom is -0.493 e. The van der Waals surface area contributed by atoms with Crippen LogP contribution < -0.4 is 14.8 Å². The third kappa shape index (κ3) is 5.56. The second kappa shape index (κ2) is 10.3. The lowest BCUT2D eigenvalue weighted by molar-refractivity contribution is -0.128. The average molecular weight is 420 g/mol. The topological polar surface area (TPSA) is 74.6 Å². The van der Waals surface area contributed by atoms with Gasteiger partial charge in [0.2, 0.25) is 5.91 Å². The molecule has 0 spiro atoms. The lowest BCUT2D eigenvalue weighted by Crippen LogP contribution is -2.38. The number of likely N-dealkylation sites (tertiary alicyclic amines) is 1. The Hall–Kier alpha value is -3.04. The fourth-order valence-corrected chi connectivity index (χ4v) is 4.39. The summed E-state index contributed by atoms with van der Waals surface area (Å²) in [6, 6.07) is 17.8. The molecule has 0 saturated carbocycles. The van der Waals surface area contributed by atoms with Crippen LogP contribution in [0.3, 0.4) is 0 Å². The Bertz CT molecular complexity index is 905. The van der Waals surface area contributed by atoms with E-state index in [-0.39, 0.29) is 5.91 Å². The number of hydrogen-bond donors (Lipinski definition) is 1. The van der Waals surface area contributed by atoms with E-state index in [9.17, 15) is 4.79 Å². The van der Waals surface area contributed by atoms with Gasteiger partial charge in [-0.15, -0.1) is 0 Å². The number of carbonyl (C=O) groups excluding carboxylic acids is 1. The van der Waals surface area contributed by atoms with Crippen LogP contribution in [0.5, 0.6) is 11.5 Å². The maximum Gasteiger partial charge on any atom is 0.222 e. The third-order valence-electron chi connectivity index (χ3n) is 6.16. The number of ether oxygens (including phenoxy) is 2. The second-order valence-electron chi connectivity index (χ2n) is 8.21. The highest BCUT2D eigenvalue weighted by Crippen LogP contribution is 2.32. The summed E-state index contributed by atoms with van der Waals surface area (Å²) in [6.45, 7) is 4.58. The van der Waals surface area contributed by atoms with Gasteiger partial charge < -0.3 is 19.7 Å². The van der Waals surface area contributed by atoms with Crippen LogP contribution in [-0.2, 0) is 4.79 Å². The van der Waals surface area contributed by atoms with Crippen molar-refractivity contribution < 1.29 is 14.3 Å². The molecule has 2 aliphatic rings. The van der Waals surface area contributed by atoms with Gasteiger partial charge in [0.05, 0.1) is 24.8 Å². The Balaban J connectivity index is 1.30. The molecule has 0 aromatic heterocycles. The molecule has 0 aliphatic carbocycles. The molecule has 2 aliphatic heterocycles. The number of nitrogens with zero attached hydrogens (tertiary/aromatic N) is 2. The smallest absolute Gasteiger partial charge is 0.222 e. The molecule has 31 heavy (non-hydrogen) atoms. The molecule has 2 fully saturated rings. The Kier molecular flexibility index (Phi) is 7.06. The minimum absolute atomic E-state index is 0.235. The number of piperidine rings is 1. The van der Waals surface area contributed by atoms with Crippen LogP contribution in [0, 0.1) is 17.2 Å². The Morgan fingerprint density at radius 2 is 1.81 bits per heavy atom. The van der Waals surface area contributed by atoms with Gasteiger partial charge in [-0.25, -0.2) is 0 Å². The number of amides is 1. The molecule has 2 heterocycles. The van der Waals surface area contributed by atoms with Crippen molar-refractivity contribution in [1.29, 1.82) is 5.26 Å². The maximum absolute atomic E-state index is 11.7. The summed E-state index contributed by atoms with van der Waals surface area (Å²) in [5.41, 5.74) is 1.94. The first kappa shape index (κ1) is 21.2. The predicted molar refractivity (Wildman–Crippen MR) is 118 cm³/mol. The third-order valence-corrected chi connectivity index (χ3v) is 6.16. The molecule has 2 aromatic carbocycles. The molecule has 0 radical (unpaired) electrons. The summed E-state index contributed by atoms with van der Waals surface area (Å²) in [7, 11) is 0. The fraction of sp³-hybridized carbons (Fsp3) is 0.440. The van der Waals surface area contributed by atoms with Gasteiger partial charge in [0.1, 0.15) is 18.1 Å². The van der Waals surface area contributed by atoms with Crippen molar-refractivity contribution in [3.8, 4) is 17.6 Å². The summed E-state index contributed by atoms with van der Waals surface area (Å²) < 4.78 is 11.9. The zero-order chi connectivity index (χ0) is 21.5. The van der Waals surface area contributed by atoms with Gasteiger partial charge in [-0.3, -0.25) is 4.79 Å². The van der Waals surface area contributed by atoms with Gasteiger partial charge in [0, 0.05) is 25.4 Å². The summed E-state index contributed by atoms with van der Waals surface area (Å²) in [6.07, 6.45) is 2.69. The summed E-state index contributed by atoms with van der Waals surface area (Å²) >= 11 is 0. The minimum atomic E-state index is 0.235. The SMILES string of the molecule is N#Cc1ccc(OC[C@H]2CNCC[C@@H]2c2ccc(OCCN3CCCC3=O)cc2)cc1. The number of hydrogen-bond acceptors (Lipinski definition) is 5. The number of rotatable bonds is 8. The molecule has 162 valence electrons. The highest BCUT2D eigenvalue weighted by atomic mass is 16.5. The summed E-state index contributed by atoms with van der Waals surface area (Å²) in [5, 5.41) is 12.4. The molecular formula is C25H29N3O3. The first-order valence-corrected chi connectivity index (χ1v) is 11.1. The van der Waals surface area contributed by atoms with E-state index in [0.717, 1.165) is 44.0 Å². The van der Waals surface area contributed by atoms with Crippen molar-refractivity contribution in [2.75, 3.05) is 39.4 Å². The first-order chi connectivity index (χ1) is 15.2. The Morgan fingerprint density at radius 1 is 1.06 bits per heavy atom. The molecule has 0 unspecified atom stereocenters. The second-order valence-corrected chi connectivity index (χ2v) is 8.21. The summed E-state index contributed by atoms with van der Waals surface area (Å²) in [4.78, 5) is 13.6. The van der Waals surface area contributed by atoms with E-state index < -0.39 is 0 Å². The number of nitriles is 1. The molecular weight excluding hydrogens is 390 g/mol. The van der Waals surface area contributed by atoms with Gasteiger partial charge in [0.25, 0.3) is 0 Å². The van der Waals surface area contributed by atoms with E-state index in [1.165, 1.54) is 5.56 Å². The van der Waals surface area contributed by atoms with Crippen LogP contribution in [0.25, 0.3) is 0 Å². The molecule has 2 saturated heterocycles. The Labute approximate surface area is 183 Å². The highest BCUT2D eigenvalue weighted by Gasteiger charge is 2.27. The lowest BCUT2D eigenvalue weighted by Gasteiger charge is -2.32. The van der Waals surface area contributed by atoms with E-state index in [2.05, 4.69) is 23.5 Å². The van der Waals surface area contributed by atoms with Crippen molar-refractivity contribution in [2.24, 2.45) is 5.92 Å². The normalized spacial score (nSPS) is 21.0. The van der Waals surface area contributed by atoms with E-state index in [0.29, 0.717) is 43.6 Å². The highest BCUT2D eigenvalue weighted by molar-refractivity contribution is 5.78. The molecule has 1 amide bonds. The van der Waals surface area contributed by atoms with Crippen LogP contribution in [0.2, 0.25) is 0 Å². The molecule has 1 N–H and O–H groups in total. The van der Waals surface area contributed by atoms with Gasteiger partial charge in [-0.1, -0.05) is 12.1 Å². The van der Waals surface area contributed by atoms with Crippen molar-refractivity contribution in [3.05, 3.63) is 59.7 Å². The predicted octanol–water partition coefficient (Wildman–Crippen LogP) is 3.33. The van der Waals surface area contributed by atoms with Crippen LogP contribution >= 0.6 is 0 Å². The number of carbonyl (C=O) groups is 1. The van der Waals surface area contributed by atoms with Gasteiger partial charge in [0.15, 0.2) is 0 Å². The molecule has 0 bridgehead atoms. The first-order valence-electron chi connectivity index (χ1n) is 11.1. The Morgan fingerprint density at radius 3 is 2.52 bits per heavy atom. The van der Waals surface area contributed by atoms with E-state index in [4.69, 9.17) is 14.7 Å².